The van der Waals surface area contributed by atoms with Crippen LogP contribution >= 0.6 is 0 Å². The minimum Gasteiger partial charge on any atom is -0.465 e. The second-order valence-corrected chi connectivity index (χ2v) is 4.13. The molecule has 1 aromatic heterocycles. The number of nitrogens with one attached hydrogen (secondary N) is 1. The summed E-state index contributed by atoms with van der Waals surface area (Å²) in [5.74, 6) is 0.493. The van der Waals surface area contributed by atoms with Gasteiger partial charge in [-0.05, 0) is 24.1 Å². The highest BCUT2D eigenvalue weighted by Gasteiger charge is 2.01. The topological polar surface area (TPSA) is 88.2 Å². The molecule has 0 atom stereocenters. The molecule has 0 spiro atoms. The Labute approximate surface area is 111 Å². The summed E-state index contributed by atoms with van der Waals surface area (Å²) in [5, 5.41) is 10.8. The first kappa shape index (κ1) is 12.9. The summed E-state index contributed by atoms with van der Waals surface area (Å²) in [6.07, 6.45) is -0.336. The Bertz CT molecular complexity index is 567. The van der Waals surface area contributed by atoms with Gasteiger partial charge in [-0.3, -0.25) is 0 Å². The summed E-state index contributed by atoms with van der Waals surface area (Å²) in [5.41, 5.74) is 8.53. The lowest BCUT2D eigenvalue weighted by atomic mass is 10.1. The Morgan fingerprint density at radius 1 is 1.21 bits per heavy atom. The van der Waals surface area contributed by atoms with Gasteiger partial charge in [0.25, 0.3) is 0 Å². The third kappa shape index (κ3) is 3.70. The lowest BCUT2D eigenvalue weighted by molar-refractivity contribution is 0.194. The lowest BCUT2D eigenvalue weighted by Crippen LogP contribution is -2.23. The number of hydrogen-bond acceptors (Lipinski definition) is 3. The third-order valence-electron chi connectivity index (χ3n) is 2.71. The quantitative estimate of drug-likeness (QED) is 0.783. The molecule has 1 amide bonds. The average molecular weight is 257 g/mol. The molecular weight excluding hydrogens is 242 g/mol. The van der Waals surface area contributed by atoms with Gasteiger partial charge in [0.15, 0.2) is 0 Å². The van der Waals surface area contributed by atoms with Crippen LogP contribution in [0.3, 0.4) is 0 Å². The maximum Gasteiger partial charge on any atom is 0.404 e. The Balaban J connectivity index is 2.04. The van der Waals surface area contributed by atoms with Crippen molar-refractivity contribution in [3.63, 3.8) is 0 Å². The van der Waals surface area contributed by atoms with E-state index in [4.69, 9.17) is 10.8 Å². The second-order valence-electron chi connectivity index (χ2n) is 4.13. The van der Waals surface area contributed by atoms with Crippen molar-refractivity contribution in [1.82, 2.24) is 10.3 Å². The first-order valence-corrected chi connectivity index (χ1v) is 5.94. The fourth-order valence-corrected chi connectivity index (χ4v) is 1.77. The molecule has 1 heterocycles. The van der Waals surface area contributed by atoms with E-state index in [1.165, 1.54) is 0 Å². The third-order valence-corrected chi connectivity index (χ3v) is 2.71. The molecule has 0 bridgehead atoms. The molecule has 0 aliphatic heterocycles. The Morgan fingerprint density at radius 2 is 1.95 bits per heavy atom. The molecule has 0 unspecified atom stereocenters. The van der Waals surface area contributed by atoms with E-state index in [9.17, 15) is 4.79 Å². The van der Waals surface area contributed by atoms with Crippen molar-refractivity contribution in [1.29, 1.82) is 0 Å². The Hall–Kier alpha value is -2.56. The van der Waals surface area contributed by atoms with Crippen LogP contribution in [-0.4, -0.2) is 22.7 Å². The van der Waals surface area contributed by atoms with E-state index < -0.39 is 6.09 Å². The number of hydrogen-bond donors (Lipinski definition) is 3. The molecule has 1 aromatic carbocycles. The molecule has 5 heteroatoms. The van der Waals surface area contributed by atoms with E-state index in [1.54, 1.807) is 6.07 Å². The molecule has 0 fully saturated rings. The van der Waals surface area contributed by atoms with Crippen molar-refractivity contribution in [3.8, 4) is 11.3 Å². The molecule has 98 valence electrons. The summed E-state index contributed by atoms with van der Waals surface area (Å²) >= 11 is 0. The molecule has 4 N–H and O–H groups in total. The Kier molecular flexibility index (Phi) is 3.97. The van der Waals surface area contributed by atoms with Gasteiger partial charge in [0, 0.05) is 12.1 Å². The van der Waals surface area contributed by atoms with Gasteiger partial charge in [0.2, 0.25) is 0 Å². The van der Waals surface area contributed by atoms with Crippen LogP contribution < -0.4 is 11.1 Å². The molecule has 5 nitrogen and oxygen atoms in total. The average Bonchev–Trinajstić information content (AvgIpc) is 2.39. The first-order chi connectivity index (χ1) is 9.15. The van der Waals surface area contributed by atoms with E-state index in [-0.39, 0.29) is 0 Å². The van der Waals surface area contributed by atoms with Crippen molar-refractivity contribution < 1.29 is 9.90 Å². The molecule has 2 rings (SSSR count). The first-order valence-electron chi connectivity index (χ1n) is 5.94. The van der Waals surface area contributed by atoms with Crippen LogP contribution in [0, 0.1) is 0 Å². The molecule has 0 saturated heterocycles. The van der Waals surface area contributed by atoms with Gasteiger partial charge in [-0.2, -0.15) is 0 Å². The minimum absolute atomic E-state index is 0.408. The number of pyridine rings is 1. The monoisotopic (exact) mass is 257 g/mol. The van der Waals surface area contributed by atoms with E-state index in [1.807, 2.05) is 36.4 Å². The minimum atomic E-state index is -0.999. The fraction of sp³-hybridized carbons (Fsp3) is 0.143. The molecular formula is C14H15N3O2. The number of benzene rings is 1. The molecule has 0 radical (unpaired) electrons. The predicted octanol–water partition coefficient (Wildman–Crippen LogP) is 2.14. The van der Waals surface area contributed by atoms with Gasteiger partial charge < -0.3 is 16.2 Å². The normalized spacial score (nSPS) is 10.1. The number of nitrogen functional groups attached to an aromatic ring is 1. The number of nitrogens with zero attached hydrogens (tertiary/aromatic N) is 1. The second kappa shape index (κ2) is 5.86. The summed E-state index contributed by atoms with van der Waals surface area (Å²) < 4.78 is 0. The smallest absolute Gasteiger partial charge is 0.404 e. The van der Waals surface area contributed by atoms with Gasteiger partial charge >= 0.3 is 6.09 Å². The van der Waals surface area contributed by atoms with Crippen LogP contribution in [0.25, 0.3) is 11.3 Å². The largest absolute Gasteiger partial charge is 0.465 e. The zero-order valence-corrected chi connectivity index (χ0v) is 10.3. The van der Waals surface area contributed by atoms with Gasteiger partial charge in [-0.25, -0.2) is 9.78 Å². The van der Waals surface area contributed by atoms with Crippen LogP contribution in [0.5, 0.6) is 0 Å². The molecule has 0 saturated carbocycles. The van der Waals surface area contributed by atoms with Gasteiger partial charge in [0.05, 0.1) is 5.69 Å². The van der Waals surface area contributed by atoms with Crippen LogP contribution in [-0.2, 0) is 6.42 Å². The van der Waals surface area contributed by atoms with Crippen LogP contribution in [0.15, 0.2) is 42.5 Å². The standard InChI is InChI=1S/C14H15N3O2/c15-13-3-1-2-12(17-13)11-6-4-10(5-7-11)8-9-16-14(18)19/h1-7,16H,8-9H2,(H2,15,17)(H,18,19). The van der Waals surface area contributed by atoms with Crippen molar-refractivity contribution in [3.05, 3.63) is 48.0 Å². The lowest BCUT2D eigenvalue weighted by Gasteiger charge is -2.05. The van der Waals surface area contributed by atoms with Gasteiger partial charge in [0.1, 0.15) is 5.82 Å². The molecule has 19 heavy (non-hydrogen) atoms. The maximum atomic E-state index is 10.3. The number of carbonyl (C=O) groups is 1. The highest BCUT2D eigenvalue weighted by atomic mass is 16.4. The molecule has 0 aliphatic rings. The number of aromatic nitrogens is 1. The van der Waals surface area contributed by atoms with Gasteiger partial charge in [-0.15, -0.1) is 0 Å². The number of amides is 1. The highest BCUT2D eigenvalue weighted by Crippen LogP contribution is 2.18. The SMILES string of the molecule is Nc1cccc(-c2ccc(CCNC(=O)O)cc2)n1. The van der Waals surface area contributed by atoms with E-state index in [0.717, 1.165) is 16.8 Å². The number of rotatable bonds is 4. The van der Waals surface area contributed by atoms with Crippen LogP contribution in [0.1, 0.15) is 5.56 Å². The highest BCUT2D eigenvalue weighted by molar-refractivity contribution is 5.64. The van der Waals surface area contributed by atoms with Crippen molar-refractivity contribution >= 4 is 11.9 Å². The molecule has 2 aromatic rings. The van der Waals surface area contributed by atoms with Crippen LogP contribution in [0.4, 0.5) is 10.6 Å². The van der Waals surface area contributed by atoms with Crippen molar-refractivity contribution in [2.45, 2.75) is 6.42 Å². The van der Waals surface area contributed by atoms with Crippen LogP contribution in [0.2, 0.25) is 0 Å². The van der Waals surface area contributed by atoms with Gasteiger partial charge in [-0.1, -0.05) is 30.3 Å². The van der Waals surface area contributed by atoms with Crippen molar-refractivity contribution in [2.75, 3.05) is 12.3 Å². The fourth-order valence-electron chi connectivity index (χ4n) is 1.77. The summed E-state index contributed by atoms with van der Waals surface area (Å²) in [4.78, 5) is 14.6. The van der Waals surface area contributed by atoms with E-state index in [0.29, 0.717) is 18.8 Å². The zero-order chi connectivity index (χ0) is 13.7. The van der Waals surface area contributed by atoms with Crippen molar-refractivity contribution in [2.24, 2.45) is 0 Å². The van der Waals surface area contributed by atoms with E-state index in [2.05, 4.69) is 10.3 Å². The number of nitrogens with two attached hydrogens (primary N) is 1. The number of carboxylic acid groups (broad SMARTS) is 1. The summed E-state index contributed by atoms with van der Waals surface area (Å²) in [6.45, 7) is 0.408. The zero-order valence-electron chi connectivity index (χ0n) is 10.3. The predicted molar refractivity (Wildman–Crippen MR) is 73.8 cm³/mol. The Morgan fingerprint density at radius 3 is 2.58 bits per heavy atom. The maximum absolute atomic E-state index is 10.3. The van der Waals surface area contributed by atoms with E-state index >= 15 is 0 Å². The molecule has 0 aliphatic carbocycles. The summed E-state index contributed by atoms with van der Waals surface area (Å²) in [7, 11) is 0. The number of anilines is 1. The summed E-state index contributed by atoms with van der Waals surface area (Å²) in [6, 6.07) is 13.3.